The van der Waals surface area contributed by atoms with Gasteiger partial charge in [0.2, 0.25) is 0 Å². The number of carbonyl (C=O) groups is 1. The zero-order valence-corrected chi connectivity index (χ0v) is 20.8. The molecule has 2 aromatic rings. The Morgan fingerprint density at radius 2 is 1.45 bits per heavy atom. The van der Waals surface area contributed by atoms with Gasteiger partial charge in [-0.1, -0.05) is 71.9 Å². The molecule has 0 bridgehead atoms. The maximum absolute atomic E-state index is 13.8. The molecule has 0 spiro atoms. The Kier molecular flexibility index (Phi) is 7.58. The standard InChI is InChI=1S/C25H35O5P/c1-9-29-31(28,30-10-2)23(27)20-18(17-14-12-11-13-15-17)16-19(24(3,4)5)22(26)21(20)25(6,7)8/h11-16,26H,9-10H2,1-8H3. The molecule has 0 saturated carbocycles. The lowest BCUT2D eigenvalue weighted by Crippen LogP contribution is -2.23. The van der Waals surface area contributed by atoms with Crippen LogP contribution in [0.1, 0.15) is 76.9 Å². The van der Waals surface area contributed by atoms with Crippen molar-refractivity contribution in [2.45, 2.75) is 66.2 Å². The SMILES string of the molecule is CCOP(=O)(OCC)C(=O)c1c(-c2ccccc2)cc(C(C)(C)C)c(O)c1C(C)(C)C. The Hall–Kier alpha value is -1.94. The third kappa shape index (κ3) is 5.28. The maximum Gasteiger partial charge on any atom is 0.401 e. The highest BCUT2D eigenvalue weighted by Gasteiger charge is 2.42. The highest BCUT2D eigenvalue weighted by atomic mass is 31.2. The molecule has 31 heavy (non-hydrogen) atoms. The smallest absolute Gasteiger partial charge is 0.401 e. The lowest BCUT2D eigenvalue weighted by molar-refractivity contribution is 0.0999. The van der Waals surface area contributed by atoms with Gasteiger partial charge in [-0.15, -0.1) is 0 Å². The van der Waals surface area contributed by atoms with Crippen LogP contribution in [0.4, 0.5) is 0 Å². The molecule has 2 rings (SSSR count). The van der Waals surface area contributed by atoms with Crippen molar-refractivity contribution in [3.8, 4) is 16.9 Å². The number of hydrogen-bond acceptors (Lipinski definition) is 5. The van der Waals surface area contributed by atoms with E-state index in [4.69, 9.17) is 9.05 Å². The van der Waals surface area contributed by atoms with Crippen LogP contribution in [-0.4, -0.2) is 23.8 Å². The number of phenols is 1. The fourth-order valence-corrected chi connectivity index (χ4v) is 5.17. The Bertz CT molecular complexity index is 972. The first-order chi connectivity index (χ1) is 14.3. The van der Waals surface area contributed by atoms with Gasteiger partial charge in [-0.25, -0.2) is 0 Å². The maximum atomic E-state index is 13.8. The van der Waals surface area contributed by atoms with Gasteiger partial charge in [0.05, 0.1) is 13.2 Å². The quantitative estimate of drug-likeness (QED) is 0.461. The van der Waals surface area contributed by atoms with Gasteiger partial charge in [-0.2, -0.15) is 0 Å². The van der Waals surface area contributed by atoms with Crippen LogP contribution in [0.2, 0.25) is 0 Å². The van der Waals surface area contributed by atoms with Crippen molar-refractivity contribution < 1.29 is 23.5 Å². The molecule has 0 aliphatic carbocycles. The summed E-state index contributed by atoms with van der Waals surface area (Å²) in [6.45, 7) is 15.3. The van der Waals surface area contributed by atoms with Crippen molar-refractivity contribution in [1.29, 1.82) is 0 Å². The summed E-state index contributed by atoms with van der Waals surface area (Å²) in [5.74, 6) is 0.0441. The van der Waals surface area contributed by atoms with Gasteiger partial charge in [0.25, 0.3) is 5.52 Å². The Balaban J connectivity index is 3.05. The molecule has 0 fully saturated rings. The summed E-state index contributed by atoms with van der Waals surface area (Å²) in [6, 6.07) is 11.3. The second-order valence-electron chi connectivity index (χ2n) is 9.57. The molecule has 0 aliphatic heterocycles. The van der Waals surface area contributed by atoms with Crippen LogP contribution in [0, 0.1) is 0 Å². The lowest BCUT2D eigenvalue weighted by atomic mass is 9.75. The van der Waals surface area contributed by atoms with Crippen LogP contribution in [0.15, 0.2) is 36.4 Å². The molecule has 0 heterocycles. The highest BCUT2D eigenvalue weighted by Crippen LogP contribution is 2.55. The van der Waals surface area contributed by atoms with Crippen LogP contribution >= 0.6 is 7.60 Å². The largest absolute Gasteiger partial charge is 0.507 e. The molecule has 170 valence electrons. The number of aromatic hydroxyl groups is 1. The van der Waals surface area contributed by atoms with Crippen molar-refractivity contribution in [3.63, 3.8) is 0 Å². The van der Waals surface area contributed by atoms with Crippen molar-refractivity contribution in [2.75, 3.05) is 13.2 Å². The Morgan fingerprint density at radius 1 is 0.935 bits per heavy atom. The molecule has 0 radical (unpaired) electrons. The van der Waals surface area contributed by atoms with Gasteiger partial charge in [0, 0.05) is 16.7 Å². The topological polar surface area (TPSA) is 72.8 Å². The average Bonchev–Trinajstić information content (AvgIpc) is 2.66. The predicted molar refractivity (Wildman–Crippen MR) is 126 cm³/mol. The summed E-state index contributed by atoms with van der Waals surface area (Å²) >= 11 is 0. The molecule has 5 nitrogen and oxygen atoms in total. The van der Waals surface area contributed by atoms with E-state index in [0.29, 0.717) is 11.1 Å². The predicted octanol–water partition coefficient (Wildman–Crippen LogP) is 7.06. The summed E-state index contributed by atoms with van der Waals surface area (Å²) in [4.78, 5) is 13.8. The van der Waals surface area contributed by atoms with Gasteiger partial charge < -0.3 is 14.2 Å². The van der Waals surface area contributed by atoms with Gasteiger partial charge in [-0.3, -0.25) is 9.36 Å². The molecule has 0 unspecified atom stereocenters. The van der Waals surface area contributed by atoms with Crippen LogP contribution in [-0.2, 0) is 24.4 Å². The molecular weight excluding hydrogens is 411 g/mol. The van der Waals surface area contributed by atoms with Gasteiger partial charge in [0.15, 0.2) is 0 Å². The number of carbonyl (C=O) groups excluding carboxylic acids is 1. The molecule has 2 aromatic carbocycles. The minimum absolute atomic E-state index is 0.0441. The molecule has 0 aliphatic rings. The fourth-order valence-electron chi connectivity index (χ4n) is 3.67. The molecule has 1 N–H and O–H groups in total. The molecular formula is C25H35O5P. The van der Waals surface area contributed by atoms with E-state index in [1.807, 2.05) is 77.9 Å². The minimum Gasteiger partial charge on any atom is -0.507 e. The van der Waals surface area contributed by atoms with Crippen molar-refractivity contribution >= 4 is 13.1 Å². The van der Waals surface area contributed by atoms with E-state index < -0.39 is 18.5 Å². The Labute approximate surface area is 186 Å². The Morgan fingerprint density at radius 3 is 1.87 bits per heavy atom. The van der Waals surface area contributed by atoms with E-state index in [9.17, 15) is 14.5 Å². The number of benzene rings is 2. The number of hydrogen-bond donors (Lipinski definition) is 1. The van der Waals surface area contributed by atoms with Crippen molar-refractivity contribution in [2.24, 2.45) is 0 Å². The van der Waals surface area contributed by atoms with Gasteiger partial charge in [0.1, 0.15) is 5.75 Å². The van der Waals surface area contributed by atoms with E-state index in [2.05, 4.69) is 0 Å². The summed E-state index contributed by atoms with van der Waals surface area (Å²) < 4.78 is 24.3. The zero-order chi connectivity index (χ0) is 23.6. The first-order valence-electron chi connectivity index (χ1n) is 10.7. The summed E-state index contributed by atoms with van der Waals surface area (Å²) in [6.07, 6.45) is 0. The van der Waals surface area contributed by atoms with E-state index in [0.717, 1.165) is 11.1 Å². The molecule has 0 atom stereocenters. The first kappa shape index (κ1) is 25.3. The van der Waals surface area contributed by atoms with E-state index in [-0.39, 0.29) is 29.9 Å². The van der Waals surface area contributed by atoms with E-state index in [1.165, 1.54) is 0 Å². The lowest BCUT2D eigenvalue weighted by Gasteiger charge is -2.31. The summed E-state index contributed by atoms with van der Waals surface area (Å²) in [5, 5.41) is 11.4. The summed E-state index contributed by atoms with van der Waals surface area (Å²) in [7, 11) is -4.10. The number of rotatable bonds is 7. The van der Waals surface area contributed by atoms with Crippen molar-refractivity contribution in [1.82, 2.24) is 0 Å². The molecule has 0 aromatic heterocycles. The van der Waals surface area contributed by atoms with Crippen LogP contribution < -0.4 is 0 Å². The molecule has 6 heteroatoms. The number of phenolic OH excluding ortho intramolecular Hbond substituents is 1. The van der Waals surface area contributed by atoms with E-state index >= 15 is 0 Å². The highest BCUT2D eigenvalue weighted by molar-refractivity contribution is 7.72. The monoisotopic (exact) mass is 446 g/mol. The molecule has 0 amide bonds. The normalized spacial score (nSPS) is 12.8. The minimum atomic E-state index is -4.10. The van der Waals surface area contributed by atoms with Gasteiger partial charge in [-0.05, 0) is 41.9 Å². The van der Waals surface area contributed by atoms with Crippen LogP contribution in [0.3, 0.4) is 0 Å². The molecule has 0 saturated heterocycles. The fraction of sp³-hybridized carbons (Fsp3) is 0.480. The third-order valence-corrected chi connectivity index (χ3v) is 6.92. The zero-order valence-electron chi connectivity index (χ0n) is 19.9. The van der Waals surface area contributed by atoms with E-state index in [1.54, 1.807) is 13.8 Å². The second kappa shape index (κ2) is 9.28. The van der Waals surface area contributed by atoms with Crippen LogP contribution in [0.25, 0.3) is 11.1 Å². The second-order valence-corrected chi connectivity index (χ2v) is 11.5. The first-order valence-corrected chi connectivity index (χ1v) is 12.2. The van der Waals surface area contributed by atoms with Crippen molar-refractivity contribution in [3.05, 3.63) is 53.1 Å². The third-order valence-electron chi connectivity index (χ3n) is 5.00. The van der Waals surface area contributed by atoms with Crippen LogP contribution in [0.5, 0.6) is 5.75 Å². The summed E-state index contributed by atoms with van der Waals surface area (Å²) in [5.41, 5.74) is 1.05. The van der Waals surface area contributed by atoms with Gasteiger partial charge >= 0.3 is 7.60 Å². The average molecular weight is 447 g/mol.